The normalized spacial score (nSPS) is 12.0. The highest BCUT2D eigenvalue weighted by molar-refractivity contribution is 9.11. The molecule has 80 valence electrons. The van der Waals surface area contributed by atoms with Crippen molar-refractivity contribution in [3.63, 3.8) is 0 Å². The minimum Gasteiger partial charge on any atom is -0.398 e. The first-order valence-electron chi connectivity index (χ1n) is 3.67. The lowest BCUT2D eigenvalue weighted by Gasteiger charge is -2.13. The van der Waals surface area contributed by atoms with Crippen LogP contribution in [0.25, 0.3) is 0 Å². The number of benzene rings is 1. The van der Waals surface area contributed by atoms with Gasteiger partial charge in [-0.3, -0.25) is 0 Å². The Hall–Kier alpha value is 0.190. The minimum absolute atomic E-state index is 0. The van der Waals surface area contributed by atoms with E-state index in [4.69, 9.17) is 16.6 Å². The van der Waals surface area contributed by atoms with Crippen molar-refractivity contribution >= 4 is 50.0 Å². The second kappa shape index (κ2) is 5.92. The van der Waals surface area contributed by atoms with Crippen LogP contribution < -0.4 is 11.5 Å². The van der Waals surface area contributed by atoms with Gasteiger partial charge in [-0.15, -0.1) is 12.4 Å². The molecule has 0 saturated heterocycles. The Morgan fingerprint density at radius 1 is 1.36 bits per heavy atom. The van der Waals surface area contributed by atoms with Gasteiger partial charge in [-0.2, -0.15) is 0 Å². The molecule has 5 N–H and O–H groups in total. The van der Waals surface area contributed by atoms with Gasteiger partial charge in [-0.05, 0) is 33.6 Å². The Morgan fingerprint density at radius 3 is 2.43 bits per heavy atom. The SMILES string of the molecule is Cl.Nc1c(Br)cc(Br)cc1[C@@H](N)CO. The van der Waals surface area contributed by atoms with Crippen LogP contribution in [0, 0.1) is 0 Å². The minimum atomic E-state index is -0.436. The summed E-state index contributed by atoms with van der Waals surface area (Å²) >= 11 is 6.62. The fourth-order valence-electron chi connectivity index (χ4n) is 1.01. The molecule has 14 heavy (non-hydrogen) atoms. The molecule has 0 amide bonds. The second-order valence-corrected chi connectivity index (χ2v) is 4.45. The van der Waals surface area contributed by atoms with Crippen LogP contribution in [0.15, 0.2) is 21.1 Å². The molecule has 1 atom stereocenters. The van der Waals surface area contributed by atoms with Crippen molar-refractivity contribution in [3.05, 3.63) is 26.6 Å². The lowest BCUT2D eigenvalue weighted by atomic mass is 10.1. The number of nitrogen functional groups attached to an aromatic ring is 1. The molecule has 6 heteroatoms. The predicted octanol–water partition coefficient (Wildman–Crippen LogP) is 2.21. The molecule has 0 saturated carbocycles. The average molecular weight is 346 g/mol. The number of halogens is 3. The van der Waals surface area contributed by atoms with Gasteiger partial charge >= 0.3 is 0 Å². The van der Waals surface area contributed by atoms with Gasteiger partial charge in [0.15, 0.2) is 0 Å². The molecule has 0 unspecified atom stereocenters. The molecule has 1 aromatic rings. The Kier molecular flexibility index (Phi) is 6.00. The quantitative estimate of drug-likeness (QED) is 0.719. The summed E-state index contributed by atoms with van der Waals surface area (Å²) in [7, 11) is 0. The van der Waals surface area contributed by atoms with Gasteiger partial charge in [-0.25, -0.2) is 0 Å². The first kappa shape index (κ1) is 14.2. The summed E-state index contributed by atoms with van der Waals surface area (Å²) < 4.78 is 1.66. The van der Waals surface area contributed by atoms with Crippen molar-refractivity contribution in [2.24, 2.45) is 5.73 Å². The van der Waals surface area contributed by atoms with Crippen molar-refractivity contribution in [2.75, 3.05) is 12.3 Å². The molecule has 0 heterocycles. The summed E-state index contributed by atoms with van der Waals surface area (Å²) in [4.78, 5) is 0. The van der Waals surface area contributed by atoms with Crippen LogP contribution in [-0.2, 0) is 0 Å². The van der Waals surface area contributed by atoms with Crippen LogP contribution in [0.1, 0.15) is 11.6 Å². The fraction of sp³-hybridized carbons (Fsp3) is 0.250. The van der Waals surface area contributed by atoms with E-state index in [0.717, 1.165) is 14.5 Å². The Morgan fingerprint density at radius 2 is 1.93 bits per heavy atom. The number of aliphatic hydroxyl groups is 1. The van der Waals surface area contributed by atoms with Crippen LogP contribution in [0.3, 0.4) is 0 Å². The maximum absolute atomic E-state index is 8.88. The number of hydrogen-bond acceptors (Lipinski definition) is 3. The van der Waals surface area contributed by atoms with Gasteiger partial charge in [0.1, 0.15) is 0 Å². The smallest absolute Gasteiger partial charge is 0.0625 e. The van der Waals surface area contributed by atoms with Crippen LogP contribution in [0.4, 0.5) is 5.69 Å². The summed E-state index contributed by atoms with van der Waals surface area (Å²) in [5.41, 5.74) is 12.7. The van der Waals surface area contributed by atoms with Crippen molar-refractivity contribution < 1.29 is 5.11 Å². The molecule has 1 rings (SSSR count). The first-order chi connectivity index (χ1) is 6.06. The molecule has 1 aromatic carbocycles. The van der Waals surface area contributed by atoms with Gasteiger partial charge in [0.2, 0.25) is 0 Å². The van der Waals surface area contributed by atoms with E-state index in [1.165, 1.54) is 0 Å². The van der Waals surface area contributed by atoms with Crippen molar-refractivity contribution in [3.8, 4) is 0 Å². The third kappa shape index (κ3) is 3.10. The summed E-state index contributed by atoms with van der Waals surface area (Å²) in [6.07, 6.45) is 0. The third-order valence-corrected chi connectivity index (χ3v) is 2.84. The van der Waals surface area contributed by atoms with Gasteiger partial charge in [0.05, 0.1) is 18.3 Å². The van der Waals surface area contributed by atoms with E-state index in [9.17, 15) is 0 Å². The zero-order chi connectivity index (χ0) is 10.0. The summed E-state index contributed by atoms with van der Waals surface area (Å²) in [6, 6.07) is 3.21. The zero-order valence-corrected chi connectivity index (χ0v) is 11.2. The predicted molar refractivity (Wildman–Crippen MR) is 67.5 cm³/mol. The molecule has 3 nitrogen and oxygen atoms in total. The van der Waals surface area contributed by atoms with Crippen LogP contribution in [-0.4, -0.2) is 11.7 Å². The summed E-state index contributed by atoms with van der Waals surface area (Å²) in [6.45, 7) is -0.118. The lowest BCUT2D eigenvalue weighted by molar-refractivity contribution is 0.268. The van der Waals surface area contributed by atoms with Gasteiger partial charge in [0.25, 0.3) is 0 Å². The van der Waals surface area contributed by atoms with E-state index in [-0.39, 0.29) is 19.0 Å². The van der Waals surface area contributed by atoms with Crippen LogP contribution >= 0.6 is 44.3 Å². The lowest BCUT2D eigenvalue weighted by Crippen LogP contribution is -2.16. The zero-order valence-electron chi connectivity index (χ0n) is 7.21. The monoisotopic (exact) mass is 344 g/mol. The van der Waals surface area contributed by atoms with Gasteiger partial charge in [-0.1, -0.05) is 15.9 Å². The number of aliphatic hydroxyl groups excluding tert-OH is 1. The van der Waals surface area contributed by atoms with Crippen molar-refractivity contribution in [1.29, 1.82) is 0 Å². The number of anilines is 1. The number of rotatable bonds is 2. The fourth-order valence-corrected chi connectivity index (χ4v) is 2.27. The van der Waals surface area contributed by atoms with E-state index in [1.54, 1.807) is 6.07 Å². The molecular weight excluding hydrogens is 335 g/mol. The maximum Gasteiger partial charge on any atom is 0.0625 e. The molecule has 0 spiro atoms. The van der Waals surface area contributed by atoms with E-state index in [2.05, 4.69) is 31.9 Å². The molecule has 0 radical (unpaired) electrons. The van der Waals surface area contributed by atoms with Crippen LogP contribution in [0.5, 0.6) is 0 Å². The van der Waals surface area contributed by atoms with Crippen molar-refractivity contribution in [1.82, 2.24) is 0 Å². The molecule has 0 fully saturated rings. The number of hydrogen-bond donors (Lipinski definition) is 3. The largest absolute Gasteiger partial charge is 0.398 e. The topological polar surface area (TPSA) is 72.3 Å². The number of nitrogens with two attached hydrogens (primary N) is 2. The summed E-state index contributed by atoms with van der Waals surface area (Å²) in [5, 5.41) is 8.88. The molecule has 0 bridgehead atoms. The maximum atomic E-state index is 8.88. The highest BCUT2D eigenvalue weighted by atomic mass is 79.9. The summed E-state index contributed by atoms with van der Waals surface area (Å²) in [5.74, 6) is 0. The van der Waals surface area contributed by atoms with E-state index >= 15 is 0 Å². The molecule has 0 aliphatic carbocycles. The van der Waals surface area contributed by atoms with E-state index < -0.39 is 6.04 Å². The average Bonchev–Trinajstić information content (AvgIpc) is 2.10. The van der Waals surface area contributed by atoms with Gasteiger partial charge < -0.3 is 16.6 Å². The standard InChI is InChI=1S/C8H10Br2N2O.ClH/c9-4-1-5(7(11)3-13)8(12)6(10)2-4;/h1-2,7,13H,3,11-12H2;1H/t7-;/m0./s1. The third-order valence-electron chi connectivity index (χ3n) is 1.72. The molecule has 0 aliphatic heterocycles. The van der Waals surface area contributed by atoms with E-state index in [0.29, 0.717) is 5.69 Å². The second-order valence-electron chi connectivity index (χ2n) is 2.68. The molecule has 0 aliphatic rings. The van der Waals surface area contributed by atoms with E-state index in [1.807, 2.05) is 6.07 Å². The molecular formula is C8H11Br2ClN2O. The highest BCUT2D eigenvalue weighted by Crippen LogP contribution is 2.30. The Bertz CT molecular complexity index is 322. The highest BCUT2D eigenvalue weighted by Gasteiger charge is 2.11. The van der Waals surface area contributed by atoms with Gasteiger partial charge in [0, 0.05) is 8.95 Å². The van der Waals surface area contributed by atoms with Crippen LogP contribution in [0.2, 0.25) is 0 Å². The Balaban J connectivity index is 0.00000169. The molecule has 0 aromatic heterocycles. The first-order valence-corrected chi connectivity index (χ1v) is 5.25. The Labute approximate surface area is 106 Å². The van der Waals surface area contributed by atoms with Crippen molar-refractivity contribution in [2.45, 2.75) is 6.04 Å².